The molecule has 0 bridgehead atoms. The van der Waals surface area contributed by atoms with Crippen molar-refractivity contribution >= 4 is 34.0 Å². The molecule has 9 nitrogen and oxygen atoms in total. The number of nitrogens with zero attached hydrogens (tertiary/aromatic N) is 5. The van der Waals surface area contributed by atoms with Gasteiger partial charge in [-0.1, -0.05) is 54.6 Å². The highest BCUT2D eigenvalue weighted by Gasteiger charge is 2.20. The summed E-state index contributed by atoms with van der Waals surface area (Å²) >= 11 is 1.06. The molecule has 0 saturated heterocycles. The molecule has 1 heterocycles. The zero-order valence-corrected chi connectivity index (χ0v) is 18.3. The van der Waals surface area contributed by atoms with E-state index in [9.17, 15) is 14.9 Å². The SMILES string of the molecule is CC(=O)/C(=N/Nc1cccc([N+](=O)[O-])c1)Sc1nnc(-c2ccccc2)n1-c1ccccc1. The minimum Gasteiger partial charge on any atom is -0.292 e. The first-order valence-corrected chi connectivity index (χ1v) is 10.7. The molecule has 164 valence electrons. The predicted octanol–water partition coefficient (Wildman–Crippen LogP) is 4.95. The highest BCUT2D eigenvalue weighted by Crippen LogP contribution is 2.29. The van der Waals surface area contributed by atoms with E-state index in [1.165, 1.54) is 25.1 Å². The lowest BCUT2D eigenvalue weighted by molar-refractivity contribution is -0.384. The van der Waals surface area contributed by atoms with Gasteiger partial charge in [-0.3, -0.25) is 24.9 Å². The van der Waals surface area contributed by atoms with Crippen LogP contribution in [0, 0.1) is 10.1 Å². The Bertz CT molecular complexity index is 1320. The number of benzene rings is 3. The number of anilines is 1. The van der Waals surface area contributed by atoms with Crippen LogP contribution in [0.3, 0.4) is 0 Å². The molecule has 4 aromatic rings. The average molecular weight is 459 g/mol. The van der Waals surface area contributed by atoms with Crippen LogP contribution in [0.15, 0.2) is 95.2 Å². The molecule has 0 spiro atoms. The van der Waals surface area contributed by atoms with Crippen LogP contribution in [-0.4, -0.2) is 30.5 Å². The minimum absolute atomic E-state index is 0.0800. The van der Waals surface area contributed by atoms with E-state index in [0.717, 1.165) is 23.0 Å². The van der Waals surface area contributed by atoms with E-state index in [2.05, 4.69) is 20.7 Å². The Kier molecular flexibility index (Phi) is 6.56. The number of para-hydroxylation sites is 1. The van der Waals surface area contributed by atoms with Crippen LogP contribution in [0.25, 0.3) is 17.1 Å². The van der Waals surface area contributed by atoms with E-state index in [-0.39, 0.29) is 16.5 Å². The smallest absolute Gasteiger partial charge is 0.271 e. The number of aromatic nitrogens is 3. The van der Waals surface area contributed by atoms with Gasteiger partial charge in [0.25, 0.3) is 5.69 Å². The Morgan fingerprint density at radius 1 is 1.00 bits per heavy atom. The van der Waals surface area contributed by atoms with E-state index in [4.69, 9.17) is 0 Å². The summed E-state index contributed by atoms with van der Waals surface area (Å²) in [5.74, 6) is 0.334. The Balaban J connectivity index is 1.70. The number of non-ortho nitro benzene ring substituents is 1. The number of hydrogen-bond acceptors (Lipinski definition) is 8. The van der Waals surface area contributed by atoms with Crippen molar-refractivity contribution in [3.63, 3.8) is 0 Å². The van der Waals surface area contributed by atoms with Gasteiger partial charge in [0.1, 0.15) is 0 Å². The number of carbonyl (C=O) groups excluding carboxylic acids is 1. The highest BCUT2D eigenvalue weighted by molar-refractivity contribution is 8.15. The summed E-state index contributed by atoms with van der Waals surface area (Å²) in [6.45, 7) is 1.39. The Labute approximate surface area is 193 Å². The summed E-state index contributed by atoms with van der Waals surface area (Å²) in [6, 6.07) is 25.1. The molecule has 0 amide bonds. The second-order valence-electron chi connectivity index (χ2n) is 6.84. The van der Waals surface area contributed by atoms with Crippen molar-refractivity contribution in [3.05, 3.63) is 95.0 Å². The molecule has 0 aliphatic heterocycles. The van der Waals surface area contributed by atoms with Gasteiger partial charge >= 0.3 is 0 Å². The molecule has 0 aliphatic rings. The summed E-state index contributed by atoms with van der Waals surface area (Å²) in [5.41, 5.74) is 4.73. The minimum atomic E-state index is -0.497. The zero-order valence-electron chi connectivity index (χ0n) is 17.5. The number of hydrogen-bond donors (Lipinski definition) is 1. The van der Waals surface area contributed by atoms with Gasteiger partial charge in [0.2, 0.25) is 5.16 Å². The van der Waals surface area contributed by atoms with E-state index < -0.39 is 4.92 Å². The normalized spacial score (nSPS) is 11.2. The maximum atomic E-state index is 12.3. The van der Waals surface area contributed by atoms with E-state index in [0.29, 0.717) is 16.7 Å². The fourth-order valence-electron chi connectivity index (χ4n) is 2.98. The summed E-state index contributed by atoms with van der Waals surface area (Å²) in [4.78, 5) is 22.8. The predicted molar refractivity (Wildman–Crippen MR) is 127 cm³/mol. The first-order valence-electron chi connectivity index (χ1n) is 9.86. The monoisotopic (exact) mass is 458 g/mol. The lowest BCUT2D eigenvalue weighted by atomic mass is 10.2. The van der Waals surface area contributed by atoms with Gasteiger partial charge in [0, 0.05) is 30.3 Å². The van der Waals surface area contributed by atoms with Crippen molar-refractivity contribution in [2.45, 2.75) is 12.1 Å². The molecule has 0 saturated carbocycles. The Morgan fingerprint density at radius 3 is 2.36 bits per heavy atom. The quantitative estimate of drug-likeness (QED) is 0.137. The van der Waals surface area contributed by atoms with Crippen molar-refractivity contribution < 1.29 is 9.72 Å². The molecule has 0 atom stereocenters. The van der Waals surface area contributed by atoms with Crippen LogP contribution < -0.4 is 5.43 Å². The Hall–Kier alpha value is -4.31. The van der Waals surface area contributed by atoms with Crippen LogP contribution in [0.5, 0.6) is 0 Å². The van der Waals surface area contributed by atoms with Gasteiger partial charge in [-0.15, -0.1) is 10.2 Å². The third kappa shape index (κ3) is 5.13. The Morgan fingerprint density at radius 2 is 1.70 bits per heavy atom. The van der Waals surface area contributed by atoms with Crippen molar-refractivity contribution in [1.29, 1.82) is 0 Å². The van der Waals surface area contributed by atoms with Crippen LogP contribution >= 0.6 is 11.8 Å². The molecule has 0 radical (unpaired) electrons. The fraction of sp³-hybridized carbons (Fsp3) is 0.0435. The van der Waals surface area contributed by atoms with Crippen molar-refractivity contribution in [2.75, 3.05) is 5.43 Å². The number of thioether (sulfide) groups is 1. The molecular weight excluding hydrogens is 440 g/mol. The topological polar surface area (TPSA) is 115 Å². The first kappa shape index (κ1) is 21.9. The van der Waals surface area contributed by atoms with Crippen LogP contribution in [0.4, 0.5) is 11.4 Å². The second-order valence-corrected chi connectivity index (χ2v) is 7.79. The maximum absolute atomic E-state index is 12.3. The summed E-state index contributed by atoms with van der Waals surface area (Å²) < 4.78 is 1.85. The number of hydrazone groups is 1. The van der Waals surface area contributed by atoms with Gasteiger partial charge in [-0.25, -0.2) is 0 Å². The zero-order chi connectivity index (χ0) is 23.2. The molecule has 0 fully saturated rings. The molecule has 0 unspecified atom stereocenters. The van der Waals surface area contributed by atoms with Gasteiger partial charge < -0.3 is 0 Å². The van der Waals surface area contributed by atoms with Crippen LogP contribution in [0.1, 0.15) is 6.92 Å². The molecule has 4 rings (SSSR count). The van der Waals surface area contributed by atoms with Gasteiger partial charge in [0.15, 0.2) is 16.7 Å². The molecule has 0 aliphatic carbocycles. The number of Topliss-reactive ketones (excluding diaryl/α,β-unsaturated/α-hetero) is 1. The summed E-state index contributed by atoms with van der Waals surface area (Å²) in [5, 5.41) is 24.4. The third-order valence-corrected chi connectivity index (χ3v) is 5.53. The largest absolute Gasteiger partial charge is 0.292 e. The van der Waals surface area contributed by atoms with Crippen molar-refractivity contribution in [1.82, 2.24) is 14.8 Å². The van der Waals surface area contributed by atoms with Crippen LogP contribution in [0.2, 0.25) is 0 Å². The van der Waals surface area contributed by atoms with E-state index in [1.54, 1.807) is 6.07 Å². The van der Waals surface area contributed by atoms with E-state index >= 15 is 0 Å². The molecule has 33 heavy (non-hydrogen) atoms. The van der Waals surface area contributed by atoms with Crippen LogP contribution in [-0.2, 0) is 4.79 Å². The van der Waals surface area contributed by atoms with Gasteiger partial charge in [-0.05, 0) is 30.0 Å². The van der Waals surface area contributed by atoms with Crippen molar-refractivity contribution in [2.24, 2.45) is 5.10 Å². The molecule has 3 aromatic carbocycles. The maximum Gasteiger partial charge on any atom is 0.271 e. The number of nitro groups is 1. The fourth-order valence-corrected chi connectivity index (χ4v) is 3.76. The number of carbonyl (C=O) groups is 1. The number of ketones is 1. The molecule has 1 aromatic heterocycles. The molecule has 1 N–H and O–H groups in total. The van der Waals surface area contributed by atoms with Crippen molar-refractivity contribution in [3.8, 4) is 17.1 Å². The number of nitro benzene ring substituents is 1. The second kappa shape index (κ2) is 9.88. The molecular formula is C23H18N6O3S. The third-order valence-electron chi connectivity index (χ3n) is 4.51. The standard InChI is InChI=1S/C23H18N6O3S/c1-16(30)22(26-24-18-11-8-14-20(15-18)29(31)32)33-23-27-25-21(17-9-4-2-5-10-17)28(23)19-12-6-3-7-13-19/h2-15,24H,1H3/b26-22-. The lowest BCUT2D eigenvalue weighted by Crippen LogP contribution is -2.10. The number of rotatable bonds is 7. The van der Waals surface area contributed by atoms with E-state index in [1.807, 2.05) is 65.2 Å². The average Bonchev–Trinajstić information content (AvgIpc) is 3.26. The highest BCUT2D eigenvalue weighted by atomic mass is 32.2. The number of nitrogens with one attached hydrogen (secondary N) is 1. The summed E-state index contributed by atoms with van der Waals surface area (Å²) in [7, 11) is 0. The first-order chi connectivity index (χ1) is 16.0. The van der Waals surface area contributed by atoms with Gasteiger partial charge in [-0.2, -0.15) is 5.10 Å². The molecule has 10 heteroatoms. The lowest BCUT2D eigenvalue weighted by Gasteiger charge is -2.10. The van der Waals surface area contributed by atoms with Gasteiger partial charge in [0.05, 0.1) is 10.6 Å². The summed E-state index contributed by atoms with van der Waals surface area (Å²) in [6.07, 6.45) is 0.